The Morgan fingerprint density at radius 1 is 1.04 bits per heavy atom. The van der Waals surface area contributed by atoms with Crippen LogP contribution in [0.25, 0.3) is 0 Å². The van der Waals surface area contributed by atoms with Crippen molar-refractivity contribution in [1.82, 2.24) is 0 Å². The number of nitrogens with zero attached hydrogens (tertiary/aromatic N) is 1. The van der Waals surface area contributed by atoms with Gasteiger partial charge in [0.05, 0.1) is 4.92 Å². The number of amides is 1. The molecular formula is C20H15FN2O4. The molecule has 0 saturated heterocycles. The van der Waals surface area contributed by atoms with Gasteiger partial charge in [0.15, 0.2) is 0 Å². The molecule has 0 bridgehead atoms. The summed E-state index contributed by atoms with van der Waals surface area (Å²) < 4.78 is 18.5. The van der Waals surface area contributed by atoms with E-state index in [9.17, 15) is 19.3 Å². The van der Waals surface area contributed by atoms with Gasteiger partial charge in [-0.15, -0.1) is 0 Å². The van der Waals surface area contributed by atoms with E-state index in [0.29, 0.717) is 17.0 Å². The fourth-order valence-electron chi connectivity index (χ4n) is 2.37. The van der Waals surface area contributed by atoms with Crippen LogP contribution in [-0.2, 0) is 6.61 Å². The highest BCUT2D eigenvalue weighted by Gasteiger charge is 2.10. The van der Waals surface area contributed by atoms with Crippen molar-refractivity contribution in [1.29, 1.82) is 0 Å². The lowest BCUT2D eigenvalue weighted by Gasteiger charge is -2.09. The van der Waals surface area contributed by atoms with Gasteiger partial charge in [-0.05, 0) is 42.0 Å². The number of non-ortho nitro benzene ring substituents is 1. The maximum Gasteiger partial charge on any atom is 0.271 e. The lowest BCUT2D eigenvalue weighted by Crippen LogP contribution is -2.12. The molecule has 1 N–H and O–H groups in total. The van der Waals surface area contributed by atoms with Crippen LogP contribution < -0.4 is 10.1 Å². The third kappa shape index (κ3) is 4.88. The van der Waals surface area contributed by atoms with Gasteiger partial charge in [-0.25, -0.2) is 4.39 Å². The first-order chi connectivity index (χ1) is 13.0. The molecule has 136 valence electrons. The Labute approximate surface area is 154 Å². The van der Waals surface area contributed by atoms with E-state index in [4.69, 9.17) is 4.74 Å². The smallest absolute Gasteiger partial charge is 0.271 e. The first kappa shape index (κ1) is 18.1. The molecule has 0 spiro atoms. The van der Waals surface area contributed by atoms with E-state index in [-0.39, 0.29) is 18.1 Å². The Bertz CT molecular complexity index is 974. The molecule has 0 saturated carbocycles. The highest BCUT2D eigenvalue weighted by Crippen LogP contribution is 2.20. The van der Waals surface area contributed by atoms with Crippen molar-refractivity contribution in [3.05, 3.63) is 99.9 Å². The second-order valence-electron chi connectivity index (χ2n) is 5.70. The molecule has 0 heterocycles. The van der Waals surface area contributed by atoms with Crippen LogP contribution in [0.4, 0.5) is 15.8 Å². The van der Waals surface area contributed by atoms with Gasteiger partial charge in [0.2, 0.25) is 0 Å². The number of nitrogens with one attached hydrogen (secondary N) is 1. The molecule has 3 rings (SSSR count). The number of rotatable bonds is 6. The summed E-state index contributed by atoms with van der Waals surface area (Å²) in [6.45, 7) is 0.232. The van der Waals surface area contributed by atoms with Gasteiger partial charge in [0.25, 0.3) is 11.6 Å². The zero-order chi connectivity index (χ0) is 19.2. The van der Waals surface area contributed by atoms with Crippen LogP contribution in [-0.4, -0.2) is 10.8 Å². The predicted molar refractivity (Wildman–Crippen MR) is 98.2 cm³/mol. The van der Waals surface area contributed by atoms with Crippen molar-refractivity contribution < 1.29 is 18.8 Å². The number of hydrogen-bond acceptors (Lipinski definition) is 4. The monoisotopic (exact) mass is 366 g/mol. The average Bonchev–Trinajstić information content (AvgIpc) is 2.68. The van der Waals surface area contributed by atoms with E-state index >= 15 is 0 Å². The summed E-state index contributed by atoms with van der Waals surface area (Å²) in [6, 6.07) is 18.2. The molecular weight excluding hydrogens is 351 g/mol. The SMILES string of the molecule is O=C(Nc1cccc([N+](=O)[O-])c1)c1cccc(OCc2ccc(F)cc2)c1. The molecule has 0 aliphatic rings. The lowest BCUT2D eigenvalue weighted by atomic mass is 10.2. The zero-order valence-electron chi connectivity index (χ0n) is 14.1. The van der Waals surface area contributed by atoms with Crippen molar-refractivity contribution in [2.45, 2.75) is 6.61 Å². The molecule has 0 atom stereocenters. The summed E-state index contributed by atoms with van der Waals surface area (Å²) >= 11 is 0. The van der Waals surface area contributed by atoms with Crippen LogP contribution in [0, 0.1) is 15.9 Å². The first-order valence-corrected chi connectivity index (χ1v) is 8.04. The molecule has 0 aliphatic heterocycles. The van der Waals surface area contributed by atoms with Crippen molar-refractivity contribution in [3.8, 4) is 5.75 Å². The van der Waals surface area contributed by atoms with Crippen molar-refractivity contribution in [3.63, 3.8) is 0 Å². The second kappa shape index (κ2) is 8.09. The maximum absolute atomic E-state index is 12.9. The van der Waals surface area contributed by atoms with Gasteiger partial charge in [0, 0.05) is 23.4 Å². The summed E-state index contributed by atoms with van der Waals surface area (Å²) in [7, 11) is 0. The minimum Gasteiger partial charge on any atom is -0.489 e. The Balaban J connectivity index is 1.67. The average molecular weight is 366 g/mol. The molecule has 0 aromatic heterocycles. The van der Waals surface area contributed by atoms with Gasteiger partial charge in [-0.1, -0.05) is 24.3 Å². The van der Waals surface area contributed by atoms with E-state index in [1.54, 1.807) is 42.5 Å². The molecule has 0 unspecified atom stereocenters. The van der Waals surface area contributed by atoms with E-state index in [2.05, 4.69) is 5.32 Å². The van der Waals surface area contributed by atoms with E-state index < -0.39 is 10.8 Å². The summed E-state index contributed by atoms with van der Waals surface area (Å²) in [5.74, 6) is -0.257. The summed E-state index contributed by atoms with van der Waals surface area (Å²) in [5.41, 5.74) is 1.36. The molecule has 6 nitrogen and oxygen atoms in total. The summed E-state index contributed by atoms with van der Waals surface area (Å²) in [4.78, 5) is 22.7. The third-order valence-corrected chi connectivity index (χ3v) is 3.73. The number of ether oxygens (including phenoxy) is 1. The Morgan fingerprint density at radius 3 is 2.52 bits per heavy atom. The second-order valence-corrected chi connectivity index (χ2v) is 5.70. The fraction of sp³-hybridized carbons (Fsp3) is 0.0500. The number of anilines is 1. The molecule has 0 fully saturated rings. The van der Waals surface area contributed by atoms with Gasteiger partial charge in [-0.3, -0.25) is 14.9 Å². The number of hydrogen-bond donors (Lipinski definition) is 1. The summed E-state index contributed by atoms with van der Waals surface area (Å²) in [5, 5.41) is 13.4. The van der Waals surface area contributed by atoms with Gasteiger partial charge in [0.1, 0.15) is 18.2 Å². The van der Waals surface area contributed by atoms with E-state index in [0.717, 1.165) is 5.56 Å². The lowest BCUT2D eigenvalue weighted by molar-refractivity contribution is -0.384. The van der Waals surface area contributed by atoms with Gasteiger partial charge >= 0.3 is 0 Å². The first-order valence-electron chi connectivity index (χ1n) is 8.04. The number of carbonyl (C=O) groups is 1. The predicted octanol–water partition coefficient (Wildman–Crippen LogP) is 4.57. The van der Waals surface area contributed by atoms with E-state index in [1.165, 1.54) is 30.3 Å². The minimum atomic E-state index is -0.528. The van der Waals surface area contributed by atoms with Crippen molar-refractivity contribution in [2.24, 2.45) is 0 Å². The van der Waals surface area contributed by atoms with Crippen molar-refractivity contribution >= 4 is 17.3 Å². The zero-order valence-corrected chi connectivity index (χ0v) is 14.1. The molecule has 3 aromatic rings. The normalized spacial score (nSPS) is 10.3. The number of carbonyl (C=O) groups excluding carboxylic acids is 1. The van der Waals surface area contributed by atoms with Crippen LogP contribution >= 0.6 is 0 Å². The van der Waals surface area contributed by atoms with Crippen LogP contribution in [0.15, 0.2) is 72.8 Å². The standard InChI is InChI=1S/C20H15FN2O4/c21-16-9-7-14(8-10-16)13-27-19-6-1-3-15(11-19)20(24)22-17-4-2-5-18(12-17)23(25)26/h1-12H,13H2,(H,22,24). The largest absolute Gasteiger partial charge is 0.489 e. The minimum absolute atomic E-state index is 0.107. The number of nitro benzene ring substituents is 1. The molecule has 3 aromatic carbocycles. The van der Waals surface area contributed by atoms with Crippen LogP contribution in [0.3, 0.4) is 0 Å². The number of benzene rings is 3. The Kier molecular flexibility index (Phi) is 5.41. The van der Waals surface area contributed by atoms with Crippen LogP contribution in [0.2, 0.25) is 0 Å². The number of nitro groups is 1. The van der Waals surface area contributed by atoms with Crippen molar-refractivity contribution in [2.75, 3.05) is 5.32 Å². The highest BCUT2D eigenvalue weighted by molar-refractivity contribution is 6.04. The molecule has 27 heavy (non-hydrogen) atoms. The quantitative estimate of drug-likeness (QED) is 0.512. The van der Waals surface area contributed by atoms with Gasteiger partial charge < -0.3 is 10.1 Å². The molecule has 0 radical (unpaired) electrons. The molecule has 7 heteroatoms. The topological polar surface area (TPSA) is 81.5 Å². The Hall–Kier alpha value is -3.74. The van der Waals surface area contributed by atoms with Gasteiger partial charge in [-0.2, -0.15) is 0 Å². The summed E-state index contributed by atoms with van der Waals surface area (Å²) in [6.07, 6.45) is 0. The fourth-order valence-corrected chi connectivity index (χ4v) is 2.37. The highest BCUT2D eigenvalue weighted by atomic mass is 19.1. The Morgan fingerprint density at radius 2 is 1.78 bits per heavy atom. The van der Waals surface area contributed by atoms with E-state index in [1.807, 2.05) is 0 Å². The maximum atomic E-state index is 12.9. The molecule has 0 aliphatic carbocycles. The third-order valence-electron chi connectivity index (χ3n) is 3.73. The van der Waals surface area contributed by atoms with Crippen LogP contribution in [0.1, 0.15) is 15.9 Å². The number of halogens is 1. The molecule has 1 amide bonds. The van der Waals surface area contributed by atoms with Crippen LogP contribution in [0.5, 0.6) is 5.75 Å².